The van der Waals surface area contributed by atoms with Gasteiger partial charge in [0.15, 0.2) is 11.8 Å². The van der Waals surface area contributed by atoms with Crippen molar-refractivity contribution in [2.45, 2.75) is 9.96 Å². The molecule has 0 unspecified atom stereocenters. The minimum atomic E-state index is -2.01. The van der Waals surface area contributed by atoms with Crippen LogP contribution in [0.5, 0.6) is 0 Å². The lowest BCUT2D eigenvalue weighted by atomic mass is 10.3. The van der Waals surface area contributed by atoms with E-state index in [1.165, 1.54) is 24.3 Å². The summed E-state index contributed by atoms with van der Waals surface area (Å²) in [4.78, 5) is 21.2. The summed E-state index contributed by atoms with van der Waals surface area (Å²) in [6.07, 6.45) is -1.31. The Balaban J connectivity index is 2.77. The van der Waals surface area contributed by atoms with Crippen LogP contribution in [0.1, 0.15) is 0 Å². The molecule has 1 aromatic carbocycles. The molecule has 0 aliphatic carbocycles. The third-order valence-corrected chi connectivity index (χ3v) is 3.22. The Hall–Kier alpha value is -1.42. The minimum Gasteiger partial charge on any atom is -0.339 e. The molecule has 0 aliphatic rings. The van der Waals surface area contributed by atoms with Gasteiger partial charge >= 0.3 is 0 Å². The third kappa shape index (κ3) is 6.69. The van der Waals surface area contributed by atoms with Crippen LogP contribution in [-0.4, -0.2) is 32.6 Å². The second-order valence-electron chi connectivity index (χ2n) is 4.08. The maximum absolute atomic E-state index is 12.3. The molecule has 1 rings (SSSR count). The van der Waals surface area contributed by atoms with Crippen LogP contribution < -0.4 is 16.0 Å². The molecule has 0 saturated heterocycles. The number of nitro benzene ring substituents is 1. The second kappa shape index (κ2) is 8.44. The number of benzene rings is 1. The maximum atomic E-state index is 12.3. The van der Waals surface area contributed by atoms with Crippen LogP contribution in [0.2, 0.25) is 0 Å². The molecule has 0 spiro atoms. The van der Waals surface area contributed by atoms with Crippen LogP contribution in [0.3, 0.4) is 0 Å². The van der Waals surface area contributed by atoms with Gasteiger partial charge in [0.1, 0.15) is 6.17 Å². The number of nitrogens with zero attached hydrogens (tertiary/aromatic N) is 1. The second-order valence-corrected chi connectivity index (χ2v) is 6.86. The number of nitrogens with one attached hydrogen (secondary N) is 3. The van der Waals surface area contributed by atoms with Gasteiger partial charge in [-0.15, -0.1) is 0 Å². The quantitative estimate of drug-likeness (QED) is 0.230. The zero-order chi connectivity index (χ0) is 17.6. The number of carbonyl (C=O) groups excluding carboxylic acids is 1. The zero-order valence-corrected chi connectivity index (χ0v) is 14.3. The van der Waals surface area contributed by atoms with Crippen molar-refractivity contribution in [3.05, 3.63) is 34.4 Å². The highest BCUT2D eigenvalue weighted by Gasteiger charge is 2.34. The number of carbonyl (C=O) groups is 1. The van der Waals surface area contributed by atoms with Gasteiger partial charge in [-0.05, 0) is 18.3 Å². The summed E-state index contributed by atoms with van der Waals surface area (Å²) >= 11 is 22.0. The molecular formula is C11H10Cl3FN4O3S. The van der Waals surface area contributed by atoms with Crippen molar-refractivity contribution in [1.29, 1.82) is 0 Å². The summed E-state index contributed by atoms with van der Waals surface area (Å²) in [7, 11) is 0. The first-order chi connectivity index (χ1) is 10.6. The smallest absolute Gasteiger partial charge is 0.271 e. The largest absolute Gasteiger partial charge is 0.339 e. The SMILES string of the molecule is O=C(CF)N[C@@H](NC(=S)Nc1cccc([N+](=O)[O-])c1)C(Cl)(Cl)Cl. The van der Waals surface area contributed by atoms with Gasteiger partial charge in [0, 0.05) is 17.8 Å². The fourth-order valence-electron chi connectivity index (χ4n) is 1.39. The summed E-state index contributed by atoms with van der Waals surface area (Å²) < 4.78 is 10.2. The minimum absolute atomic E-state index is 0.0963. The number of thiocarbonyl (C=S) groups is 1. The molecule has 23 heavy (non-hydrogen) atoms. The standard InChI is InChI=1S/C11H10Cl3FN4O3S/c12-11(13,14)9(17-8(20)5-15)18-10(23)16-6-2-1-3-7(4-6)19(21)22/h1-4,9H,5H2,(H,17,20)(H2,16,18,23)/t9-/m0/s1. The molecule has 12 heteroatoms. The van der Waals surface area contributed by atoms with Gasteiger partial charge in [0.2, 0.25) is 3.79 Å². The molecule has 0 aliphatic heterocycles. The lowest BCUT2D eigenvalue weighted by Crippen LogP contribution is -2.56. The van der Waals surface area contributed by atoms with Gasteiger partial charge in [-0.1, -0.05) is 40.9 Å². The Morgan fingerprint density at radius 3 is 2.57 bits per heavy atom. The predicted molar refractivity (Wildman–Crippen MR) is 90.6 cm³/mol. The predicted octanol–water partition coefficient (Wildman–Crippen LogP) is 2.66. The number of non-ortho nitro benzene ring substituents is 1. The number of amides is 1. The summed E-state index contributed by atoms with van der Waals surface area (Å²) in [6, 6.07) is 5.50. The van der Waals surface area contributed by atoms with E-state index in [0.29, 0.717) is 5.69 Å². The van der Waals surface area contributed by atoms with E-state index >= 15 is 0 Å². The van der Waals surface area contributed by atoms with Crippen molar-refractivity contribution in [2.24, 2.45) is 0 Å². The normalized spacial score (nSPS) is 12.2. The van der Waals surface area contributed by atoms with E-state index < -0.39 is 27.5 Å². The first-order valence-electron chi connectivity index (χ1n) is 5.87. The average Bonchev–Trinajstić information content (AvgIpc) is 2.45. The van der Waals surface area contributed by atoms with E-state index in [4.69, 9.17) is 47.0 Å². The van der Waals surface area contributed by atoms with E-state index in [2.05, 4.69) is 16.0 Å². The van der Waals surface area contributed by atoms with Crippen LogP contribution in [0.15, 0.2) is 24.3 Å². The van der Waals surface area contributed by atoms with Crippen molar-refractivity contribution in [2.75, 3.05) is 12.0 Å². The Labute approximate surface area is 150 Å². The summed E-state index contributed by atoms with van der Waals surface area (Å²) in [5, 5.41) is 17.8. The van der Waals surface area contributed by atoms with Gasteiger partial charge in [-0.25, -0.2) is 4.39 Å². The van der Waals surface area contributed by atoms with Gasteiger partial charge in [-0.3, -0.25) is 14.9 Å². The fraction of sp³-hybridized carbons (Fsp3) is 0.273. The van der Waals surface area contributed by atoms with Crippen molar-refractivity contribution in [3.8, 4) is 0 Å². The molecular weight excluding hydrogens is 394 g/mol. The first kappa shape index (κ1) is 19.6. The number of hydrogen-bond donors (Lipinski definition) is 3. The molecule has 0 aromatic heterocycles. The fourth-order valence-corrected chi connectivity index (χ4v) is 1.96. The third-order valence-electron chi connectivity index (χ3n) is 2.34. The van der Waals surface area contributed by atoms with E-state index in [9.17, 15) is 19.3 Å². The van der Waals surface area contributed by atoms with Gasteiger partial charge in [-0.2, -0.15) is 0 Å². The van der Waals surface area contributed by atoms with Crippen molar-refractivity contribution in [3.63, 3.8) is 0 Å². The number of anilines is 1. The number of rotatable bonds is 5. The highest BCUT2D eigenvalue weighted by atomic mass is 35.6. The highest BCUT2D eigenvalue weighted by molar-refractivity contribution is 7.80. The highest BCUT2D eigenvalue weighted by Crippen LogP contribution is 2.29. The first-order valence-corrected chi connectivity index (χ1v) is 7.41. The number of nitro groups is 1. The molecule has 126 valence electrons. The van der Waals surface area contributed by atoms with E-state index in [1.54, 1.807) is 0 Å². The van der Waals surface area contributed by atoms with Crippen LogP contribution in [0, 0.1) is 10.1 Å². The van der Waals surface area contributed by atoms with E-state index in [1.807, 2.05) is 0 Å². The Bertz CT molecular complexity index is 614. The number of hydrogen-bond acceptors (Lipinski definition) is 4. The molecule has 0 saturated carbocycles. The van der Waals surface area contributed by atoms with E-state index in [-0.39, 0.29) is 10.8 Å². The van der Waals surface area contributed by atoms with Crippen molar-refractivity contribution < 1.29 is 14.1 Å². The molecule has 7 nitrogen and oxygen atoms in total. The molecule has 0 fully saturated rings. The summed E-state index contributed by atoms with van der Waals surface area (Å²) in [5.41, 5.74) is 0.151. The van der Waals surface area contributed by atoms with Crippen molar-refractivity contribution in [1.82, 2.24) is 10.6 Å². The van der Waals surface area contributed by atoms with Gasteiger partial charge in [0.25, 0.3) is 11.6 Å². The number of halogens is 4. The molecule has 0 radical (unpaired) electrons. The Morgan fingerprint density at radius 1 is 1.39 bits per heavy atom. The maximum Gasteiger partial charge on any atom is 0.271 e. The molecule has 1 aromatic rings. The molecule has 1 atom stereocenters. The van der Waals surface area contributed by atoms with Crippen molar-refractivity contribution >= 4 is 69.4 Å². The van der Waals surface area contributed by atoms with E-state index in [0.717, 1.165) is 0 Å². The monoisotopic (exact) mass is 402 g/mol. The molecule has 3 N–H and O–H groups in total. The Kier molecular flexibility index (Phi) is 7.20. The summed E-state index contributed by atoms with van der Waals surface area (Å²) in [5.74, 6) is -1.01. The van der Waals surface area contributed by atoms with Crippen LogP contribution in [0.4, 0.5) is 15.8 Å². The lowest BCUT2D eigenvalue weighted by molar-refractivity contribution is -0.384. The van der Waals surface area contributed by atoms with Crippen LogP contribution in [-0.2, 0) is 4.79 Å². The van der Waals surface area contributed by atoms with Gasteiger partial charge < -0.3 is 16.0 Å². The topological polar surface area (TPSA) is 96.3 Å². The number of alkyl halides is 4. The molecule has 1 amide bonds. The zero-order valence-electron chi connectivity index (χ0n) is 11.2. The van der Waals surface area contributed by atoms with Gasteiger partial charge in [0.05, 0.1) is 4.92 Å². The average molecular weight is 404 g/mol. The molecule has 0 bridgehead atoms. The van der Waals surface area contributed by atoms with Crippen LogP contribution in [0.25, 0.3) is 0 Å². The lowest BCUT2D eigenvalue weighted by Gasteiger charge is -2.27. The summed E-state index contributed by atoms with van der Waals surface area (Å²) in [6.45, 7) is -1.30. The molecule has 0 heterocycles. The van der Waals surface area contributed by atoms with Crippen LogP contribution >= 0.6 is 47.0 Å². The Morgan fingerprint density at radius 2 is 2.04 bits per heavy atom.